The van der Waals surface area contributed by atoms with Gasteiger partial charge in [-0.3, -0.25) is 0 Å². The lowest BCUT2D eigenvalue weighted by Crippen LogP contribution is -2.09. The number of nitrogens with one attached hydrogen (secondary N) is 1. The van der Waals surface area contributed by atoms with Gasteiger partial charge in [-0.15, -0.1) is 6.58 Å². The summed E-state index contributed by atoms with van der Waals surface area (Å²) in [6.07, 6.45) is 1.75. The molecule has 6 heteroatoms. The van der Waals surface area contributed by atoms with Gasteiger partial charge in [0.25, 0.3) is 0 Å². The van der Waals surface area contributed by atoms with Crippen molar-refractivity contribution in [1.82, 2.24) is 20.2 Å². The van der Waals surface area contributed by atoms with Gasteiger partial charge in [-0.25, -0.2) is 4.68 Å². The summed E-state index contributed by atoms with van der Waals surface area (Å²) in [5.74, 6) is 1.45. The largest absolute Gasteiger partial charge is 0.489 e. The van der Waals surface area contributed by atoms with E-state index in [1.807, 2.05) is 54.6 Å². The zero-order valence-electron chi connectivity index (χ0n) is 13.3. The summed E-state index contributed by atoms with van der Waals surface area (Å²) < 4.78 is 7.61. The number of para-hydroxylation sites is 1. The van der Waals surface area contributed by atoms with Crippen LogP contribution >= 0.6 is 0 Å². The maximum absolute atomic E-state index is 5.96. The molecule has 0 amide bonds. The Labute approximate surface area is 140 Å². The van der Waals surface area contributed by atoms with Gasteiger partial charge in [-0.05, 0) is 22.1 Å². The van der Waals surface area contributed by atoms with E-state index >= 15 is 0 Å². The summed E-state index contributed by atoms with van der Waals surface area (Å²) in [6, 6.07) is 18.0. The van der Waals surface area contributed by atoms with Crippen LogP contribution in [-0.4, -0.2) is 20.2 Å². The number of nitrogens with zero attached hydrogens (tertiary/aromatic N) is 4. The van der Waals surface area contributed by atoms with Crippen LogP contribution in [0.1, 0.15) is 11.1 Å². The average Bonchev–Trinajstić information content (AvgIpc) is 3.07. The first kappa shape index (κ1) is 15.7. The number of hydrogen-bond donors (Lipinski definition) is 1. The summed E-state index contributed by atoms with van der Waals surface area (Å²) in [6.45, 7) is 5.36. The average molecular weight is 321 g/mol. The zero-order chi connectivity index (χ0) is 16.6. The van der Waals surface area contributed by atoms with E-state index in [-0.39, 0.29) is 0 Å². The fourth-order valence-corrected chi connectivity index (χ4v) is 2.28. The van der Waals surface area contributed by atoms with Crippen molar-refractivity contribution in [2.24, 2.45) is 0 Å². The van der Waals surface area contributed by atoms with E-state index in [0.29, 0.717) is 25.6 Å². The van der Waals surface area contributed by atoms with Crippen molar-refractivity contribution in [1.29, 1.82) is 0 Å². The van der Waals surface area contributed by atoms with Crippen molar-refractivity contribution in [3.63, 3.8) is 0 Å². The Morgan fingerprint density at radius 3 is 2.71 bits per heavy atom. The third-order valence-corrected chi connectivity index (χ3v) is 3.48. The predicted octanol–water partition coefficient (Wildman–Crippen LogP) is 3.05. The van der Waals surface area contributed by atoms with Crippen molar-refractivity contribution < 1.29 is 4.74 Å². The highest BCUT2D eigenvalue weighted by atomic mass is 16.5. The van der Waals surface area contributed by atoms with Gasteiger partial charge in [0.2, 0.25) is 5.95 Å². The van der Waals surface area contributed by atoms with Gasteiger partial charge in [0.05, 0.1) is 6.54 Å². The van der Waals surface area contributed by atoms with Crippen molar-refractivity contribution in [3.8, 4) is 5.75 Å². The molecule has 122 valence electrons. The minimum Gasteiger partial charge on any atom is -0.489 e. The molecule has 0 aliphatic rings. The minimum atomic E-state index is 0.534. The molecule has 0 atom stereocenters. The van der Waals surface area contributed by atoms with Crippen molar-refractivity contribution >= 4 is 5.95 Å². The van der Waals surface area contributed by atoms with E-state index in [9.17, 15) is 0 Å². The second-order valence-corrected chi connectivity index (χ2v) is 5.21. The first-order valence-corrected chi connectivity index (χ1v) is 7.72. The van der Waals surface area contributed by atoms with Crippen molar-refractivity contribution in [2.75, 3.05) is 5.32 Å². The molecule has 6 nitrogen and oxygen atoms in total. The Balaban J connectivity index is 1.65. The summed E-state index contributed by atoms with van der Waals surface area (Å²) in [5, 5.41) is 14.8. The van der Waals surface area contributed by atoms with Crippen LogP contribution in [0.25, 0.3) is 0 Å². The van der Waals surface area contributed by atoms with Gasteiger partial charge in [0.15, 0.2) is 0 Å². The minimum absolute atomic E-state index is 0.534. The lowest BCUT2D eigenvalue weighted by Gasteiger charge is -2.12. The van der Waals surface area contributed by atoms with E-state index in [1.54, 1.807) is 10.8 Å². The molecule has 0 bridgehead atoms. The standard InChI is InChI=1S/C18H19N5O/c1-2-12-23-18(20-21-22-23)19-13-16-10-6-7-11-17(16)24-14-15-8-4-3-5-9-15/h2-11H,1,12-14H2,(H,19,20,22). The predicted molar refractivity (Wildman–Crippen MR) is 92.6 cm³/mol. The molecule has 2 aromatic carbocycles. The zero-order valence-corrected chi connectivity index (χ0v) is 13.3. The molecule has 0 saturated carbocycles. The second kappa shape index (κ2) is 7.92. The SMILES string of the molecule is C=CCn1nnnc1NCc1ccccc1OCc1ccccc1. The number of allylic oxidation sites excluding steroid dienone is 1. The topological polar surface area (TPSA) is 64.9 Å². The Hall–Kier alpha value is -3.15. The highest BCUT2D eigenvalue weighted by molar-refractivity contribution is 5.37. The van der Waals surface area contributed by atoms with Gasteiger partial charge in [0, 0.05) is 12.1 Å². The van der Waals surface area contributed by atoms with Crippen LogP contribution in [-0.2, 0) is 19.7 Å². The summed E-state index contributed by atoms with van der Waals surface area (Å²) in [7, 11) is 0. The maximum atomic E-state index is 5.96. The van der Waals surface area contributed by atoms with Gasteiger partial charge in [-0.2, -0.15) is 0 Å². The number of hydrogen-bond acceptors (Lipinski definition) is 5. The Kier molecular flexibility index (Phi) is 5.19. The van der Waals surface area contributed by atoms with Gasteiger partial charge in [-0.1, -0.05) is 59.7 Å². The maximum Gasteiger partial charge on any atom is 0.243 e. The third-order valence-electron chi connectivity index (χ3n) is 3.48. The van der Waals surface area contributed by atoms with Crippen molar-refractivity contribution in [3.05, 3.63) is 78.4 Å². The molecular weight excluding hydrogens is 302 g/mol. The molecule has 0 aliphatic heterocycles. The normalized spacial score (nSPS) is 10.3. The number of ether oxygens (including phenoxy) is 1. The second-order valence-electron chi connectivity index (χ2n) is 5.21. The number of anilines is 1. The number of aromatic nitrogens is 4. The fourth-order valence-electron chi connectivity index (χ4n) is 2.28. The molecule has 1 N–H and O–H groups in total. The van der Waals surface area contributed by atoms with Crippen LogP contribution in [0.2, 0.25) is 0 Å². The number of benzene rings is 2. The molecule has 0 aliphatic carbocycles. The van der Waals surface area contributed by atoms with Crippen LogP contribution in [0.4, 0.5) is 5.95 Å². The molecule has 1 aromatic heterocycles. The van der Waals surface area contributed by atoms with E-state index < -0.39 is 0 Å². The van der Waals surface area contributed by atoms with E-state index in [0.717, 1.165) is 16.9 Å². The highest BCUT2D eigenvalue weighted by Crippen LogP contribution is 2.20. The lowest BCUT2D eigenvalue weighted by atomic mass is 10.2. The van der Waals surface area contributed by atoms with Crippen molar-refractivity contribution in [2.45, 2.75) is 19.7 Å². The van der Waals surface area contributed by atoms with E-state index in [2.05, 4.69) is 27.4 Å². The monoisotopic (exact) mass is 321 g/mol. The highest BCUT2D eigenvalue weighted by Gasteiger charge is 2.07. The molecular formula is C18H19N5O. The van der Waals surface area contributed by atoms with Gasteiger partial charge < -0.3 is 10.1 Å². The summed E-state index contributed by atoms with van der Waals surface area (Å²) in [4.78, 5) is 0. The smallest absolute Gasteiger partial charge is 0.243 e. The van der Waals surface area contributed by atoms with Crippen LogP contribution in [0.15, 0.2) is 67.3 Å². The Bertz CT molecular complexity index is 785. The molecule has 0 fully saturated rings. The fraction of sp³-hybridized carbons (Fsp3) is 0.167. The molecule has 24 heavy (non-hydrogen) atoms. The van der Waals surface area contributed by atoms with E-state index in [1.165, 1.54) is 0 Å². The Morgan fingerprint density at radius 2 is 1.88 bits per heavy atom. The molecule has 1 heterocycles. The molecule has 0 radical (unpaired) electrons. The molecule has 0 saturated heterocycles. The molecule has 3 aromatic rings. The Morgan fingerprint density at radius 1 is 1.08 bits per heavy atom. The summed E-state index contributed by atoms with van der Waals surface area (Å²) in [5.41, 5.74) is 2.18. The van der Waals surface area contributed by atoms with Crippen LogP contribution in [0.3, 0.4) is 0 Å². The lowest BCUT2D eigenvalue weighted by molar-refractivity contribution is 0.303. The van der Waals surface area contributed by atoms with E-state index in [4.69, 9.17) is 4.74 Å². The third kappa shape index (κ3) is 3.98. The first-order chi connectivity index (χ1) is 11.9. The number of tetrazole rings is 1. The first-order valence-electron chi connectivity index (χ1n) is 7.72. The van der Waals surface area contributed by atoms with Crippen LogP contribution in [0.5, 0.6) is 5.75 Å². The van der Waals surface area contributed by atoms with Crippen LogP contribution in [0, 0.1) is 0 Å². The van der Waals surface area contributed by atoms with Gasteiger partial charge >= 0.3 is 0 Å². The molecule has 0 spiro atoms. The summed E-state index contributed by atoms with van der Waals surface area (Å²) >= 11 is 0. The quantitative estimate of drug-likeness (QED) is 0.646. The number of rotatable bonds is 8. The van der Waals surface area contributed by atoms with Gasteiger partial charge in [0.1, 0.15) is 12.4 Å². The van der Waals surface area contributed by atoms with Crippen LogP contribution < -0.4 is 10.1 Å². The molecule has 3 rings (SSSR count). The molecule has 0 unspecified atom stereocenters.